The van der Waals surface area contributed by atoms with Crippen molar-refractivity contribution in [2.45, 2.75) is 11.3 Å². The maximum Gasteiger partial charge on any atom is 0.269 e. The number of pyridine rings is 1. The normalized spacial score (nSPS) is 10.9. The van der Waals surface area contributed by atoms with Gasteiger partial charge in [0.05, 0.1) is 24.2 Å². The number of sulfonamides is 1. The van der Waals surface area contributed by atoms with Crippen LogP contribution in [0.2, 0.25) is 0 Å². The Bertz CT molecular complexity index is 1360. The highest BCUT2D eigenvalue weighted by atomic mass is 32.2. The number of methoxy groups -OCH3 is 1. The lowest BCUT2D eigenvalue weighted by Crippen LogP contribution is -2.31. The Kier molecular flexibility index (Phi) is 9.30. The van der Waals surface area contributed by atoms with E-state index in [9.17, 15) is 22.8 Å². The molecule has 2 aromatic carbocycles. The van der Waals surface area contributed by atoms with E-state index in [0.717, 1.165) is 17.5 Å². The van der Waals surface area contributed by atoms with Gasteiger partial charge in [-0.05, 0) is 54.4 Å². The lowest BCUT2D eigenvalue weighted by atomic mass is 10.1. The Labute approximate surface area is 213 Å². The topological polar surface area (TPSA) is 164 Å². The van der Waals surface area contributed by atoms with Crippen LogP contribution in [0.1, 0.15) is 36.8 Å². The fourth-order valence-electron chi connectivity index (χ4n) is 3.27. The third-order valence-corrected chi connectivity index (χ3v) is 6.53. The number of aliphatic hydroxyl groups is 1. The Morgan fingerprint density at radius 3 is 2.19 bits per heavy atom. The van der Waals surface area contributed by atoms with E-state index in [1.807, 2.05) is 29.0 Å². The first kappa shape index (κ1) is 27.3. The molecule has 3 rings (SSSR count). The van der Waals surface area contributed by atoms with Crippen molar-refractivity contribution >= 4 is 27.7 Å². The molecule has 0 atom stereocenters. The Morgan fingerprint density at radius 1 is 0.865 bits per heavy atom. The van der Waals surface area contributed by atoms with Crippen molar-refractivity contribution in [3.8, 4) is 5.75 Å². The van der Waals surface area contributed by atoms with Gasteiger partial charge in [-0.15, -0.1) is 0 Å². The van der Waals surface area contributed by atoms with E-state index >= 15 is 0 Å². The molecule has 3 amide bonds. The molecule has 194 valence electrons. The van der Waals surface area contributed by atoms with E-state index in [1.54, 1.807) is 7.11 Å². The number of rotatable bonds is 11. The van der Waals surface area contributed by atoms with Gasteiger partial charge < -0.3 is 20.5 Å². The number of hydrogen-bond acceptors (Lipinski definition) is 8. The number of ether oxygens (including phenoxy) is 1. The van der Waals surface area contributed by atoms with Crippen LogP contribution in [0.4, 0.5) is 0 Å². The van der Waals surface area contributed by atoms with Crippen LogP contribution >= 0.6 is 0 Å². The number of carbonyl (C=O) groups is 3. The molecule has 11 nitrogen and oxygen atoms in total. The molecule has 1 heterocycles. The molecular weight excluding hydrogens is 500 g/mol. The number of hydrogen-bond donors (Lipinski definition) is 4. The highest BCUT2D eigenvalue weighted by Gasteiger charge is 2.20. The second-order valence-corrected chi connectivity index (χ2v) is 9.37. The third-order valence-electron chi connectivity index (χ3n) is 5.18. The summed E-state index contributed by atoms with van der Waals surface area (Å²) in [6.45, 7) is 0.162. The first-order chi connectivity index (χ1) is 17.7. The minimum absolute atomic E-state index is 0.00429. The molecule has 0 radical (unpaired) electrons. The predicted octanol–water partition coefficient (Wildman–Crippen LogP) is 0.904. The lowest BCUT2D eigenvalue weighted by Gasteiger charge is -2.10. The van der Waals surface area contributed by atoms with E-state index in [1.165, 1.54) is 36.4 Å². The van der Waals surface area contributed by atoms with Gasteiger partial charge in [-0.25, -0.2) is 13.1 Å². The van der Waals surface area contributed by atoms with Crippen LogP contribution in [0, 0.1) is 0 Å². The average Bonchev–Trinajstić information content (AvgIpc) is 2.91. The molecule has 0 aliphatic carbocycles. The van der Waals surface area contributed by atoms with Crippen molar-refractivity contribution < 1.29 is 32.6 Å². The molecule has 0 aliphatic rings. The smallest absolute Gasteiger partial charge is 0.269 e. The fourth-order valence-corrected chi connectivity index (χ4v) is 4.24. The molecule has 0 aliphatic heterocycles. The molecule has 37 heavy (non-hydrogen) atoms. The lowest BCUT2D eigenvalue weighted by molar-refractivity contribution is 0.0934. The number of para-hydroxylation sites is 1. The summed E-state index contributed by atoms with van der Waals surface area (Å²) in [5, 5.41) is 13.9. The summed E-state index contributed by atoms with van der Waals surface area (Å²) in [5.41, 5.74) is 1.12. The molecule has 4 N–H and O–H groups in total. The SMILES string of the molecule is COc1ccccc1CCNC(=O)c1ccc(S(=O)(=O)NC(=O)c2ccc(C(=O)NCCO)nc2)cc1. The van der Waals surface area contributed by atoms with Crippen molar-refractivity contribution in [3.05, 3.63) is 89.2 Å². The van der Waals surface area contributed by atoms with Gasteiger partial charge in [0.25, 0.3) is 27.7 Å². The molecule has 1 aromatic heterocycles. The van der Waals surface area contributed by atoms with E-state index < -0.39 is 21.8 Å². The van der Waals surface area contributed by atoms with Crippen LogP contribution in [-0.4, -0.2) is 63.0 Å². The quantitative estimate of drug-likeness (QED) is 0.286. The highest BCUT2D eigenvalue weighted by Crippen LogP contribution is 2.17. The minimum atomic E-state index is -4.23. The van der Waals surface area contributed by atoms with Crippen LogP contribution in [0.3, 0.4) is 0 Å². The zero-order valence-corrected chi connectivity index (χ0v) is 20.7. The molecular formula is C25H26N4O7S. The summed E-state index contributed by atoms with van der Waals surface area (Å²) in [4.78, 5) is 40.3. The standard InChI is InChI=1S/C25H26N4O7S/c1-36-22-5-3-2-4-17(22)12-13-26-23(31)18-6-9-20(10-7-18)37(34,35)29-24(32)19-8-11-21(28-16-19)25(33)27-14-15-30/h2-11,16,30H,12-15H2,1H3,(H,26,31)(H,27,33)(H,29,32). The second-order valence-electron chi connectivity index (χ2n) is 7.69. The molecule has 0 fully saturated rings. The fraction of sp³-hybridized carbons (Fsp3) is 0.200. The maximum absolute atomic E-state index is 12.6. The van der Waals surface area contributed by atoms with E-state index in [-0.39, 0.29) is 40.8 Å². The van der Waals surface area contributed by atoms with Crippen LogP contribution in [-0.2, 0) is 16.4 Å². The zero-order chi connectivity index (χ0) is 26.8. The van der Waals surface area contributed by atoms with Crippen LogP contribution in [0.25, 0.3) is 0 Å². The Morgan fingerprint density at radius 2 is 1.54 bits per heavy atom. The Hall–Kier alpha value is -4.29. The number of nitrogens with one attached hydrogen (secondary N) is 3. The van der Waals surface area contributed by atoms with Crippen molar-refractivity contribution in [2.24, 2.45) is 0 Å². The monoisotopic (exact) mass is 526 g/mol. The van der Waals surface area contributed by atoms with Crippen molar-refractivity contribution in [2.75, 3.05) is 26.8 Å². The number of benzene rings is 2. The average molecular weight is 527 g/mol. The van der Waals surface area contributed by atoms with Crippen LogP contribution < -0.4 is 20.1 Å². The number of aromatic nitrogens is 1. The van der Waals surface area contributed by atoms with Gasteiger partial charge in [0.1, 0.15) is 11.4 Å². The zero-order valence-electron chi connectivity index (χ0n) is 19.9. The van der Waals surface area contributed by atoms with Crippen molar-refractivity contribution in [1.82, 2.24) is 20.3 Å². The summed E-state index contributed by atoms with van der Waals surface area (Å²) in [6.07, 6.45) is 1.62. The van der Waals surface area contributed by atoms with Gasteiger partial charge in [-0.2, -0.15) is 0 Å². The van der Waals surface area contributed by atoms with Crippen LogP contribution in [0.15, 0.2) is 71.8 Å². The summed E-state index contributed by atoms with van der Waals surface area (Å²) >= 11 is 0. The third kappa shape index (κ3) is 7.35. The van der Waals surface area contributed by atoms with Gasteiger partial charge in [0.15, 0.2) is 0 Å². The summed E-state index contributed by atoms with van der Waals surface area (Å²) in [7, 11) is -2.66. The van der Waals surface area contributed by atoms with Crippen molar-refractivity contribution in [1.29, 1.82) is 0 Å². The highest BCUT2D eigenvalue weighted by molar-refractivity contribution is 7.90. The molecule has 0 spiro atoms. The van der Waals surface area contributed by atoms with E-state index in [4.69, 9.17) is 9.84 Å². The van der Waals surface area contributed by atoms with E-state index in [2.05, 4.69) is 15.6 Å². The molecule has 12 heteroatoms. The largest absolute Gasteiger partial charge is 0.496 e. The molecule has 0 saturated carbocycles. The predicted molar refractivity (Wildman–Crippen MR) is 134 cm³/mol. The van der Waals surface area contributed by atoms with Gasteiger partial charge in [-0.1, -0.05) is 18.2 Å². The Balaban J connectivity index is 1.57. The number of carbonyl (C=O) groups excluding carboxylic acids is 3. The van der Waals surface area contributed by atoms with Gasteiger partial charge >= 0.3 is 0 Å². The van der Waals surface area contributed by atoms with Gasteiger partial charge in [0.2, 0.25) is 0 Å². The van der Waals surface area contributed by atoms with Gasteiger partial charge in [-0.3, -0.25) is 19.4 Å². The second kappa shape index (κ2) is 12.6. The van der Waals surface area contributed by atoms with E-state index in [0.29, 0.717) is 13.0 Å². The maximum atomic E-state index is 12.6. The summed E-state index contributed by atoms with van der Waals surface area (Å²) in [5.74, 6) is -1.13. The summed E-state index contributed by atoms with van der Waals surface area (Å²) < 4.78 is 32.5. The first-order valence-electron chi connectivity index (χ1n) is 11.2. The number of aliphatic hydroxyl groups excluding tert-OH is 1. The number of amides is 3. The van der Waals surface area contributed by atoms with Gasteiger partial charge in [0, 0.05) is 24.8 Å². The van der Waals surface area contributed by atoms with Crippen LogP contribution in [0.5, 0.6) is 5.75 Å². The number of nitrogens with zero attached hydrogens (tertiary/aromatic N) is 1. The molecule has 0 saturated heterocycles. The summed E-state index contributed by atoms with van der Waals surface area (Å²) in [6, 6.07) is 15.1. The molecule has 3 aromatic rings. The first-order valence-corrected chi connectivity index (χ1v) is 12.7. The molecule has 0 unspecified atom stereocenters. The molecule has 0 bridgehead atoms. The van der Waals surface area contributed by atoms with Crippen molar-refractivity contribution in [3.63, 3.8) is 0 Å². The minimum Gasteiger partial charge on any atom is -0.496 e.